The summed E-state index contributed by atoms with van der Waals surface area (Å²) in [6.07, 6.45) is 2.19. The first-order valence-electron chi connectivity index (χ1n) is 9.49. The first-order valence-corrected chi connectivity index (χ1v) is 24.2. The number of fused-ring (bicyclic) bond motifs is 1. The summed E-state index contributed by atoms with van der Waals surface area (Å²) in [5, 5.41) is 2.78. The third-order valence-electron chi connectivity index (χ3n) is 5.06. The molecule has 0 aliphatic heterocycles. The van der Waals surface area contributed by atoms with E-state index in [4.69, 9.17) is 4.98 Å². The van der Waals surface area contributed by atoms with Crippen molar-refractivity contribution in [2.45, 2.75) is 48.4 Å². The van der Waals surface area contributed by atoms with Gasteiger partial charge in [0, 0.05) is 0 Å². The van der Waals surface area contributed by atoms with E-state index in [0.717, 1.165) is 5.69 Å². The number of nitrogens with zero attached hydrogens (tertiary/aromatic N) is 1. The third-order valence-corrected chi connectivity index (χ3v) is 13.6. The van der Waals surface area contributed by atoms with Gasteiger partial charge in [-0.25, -0.2) is 0 Å². The molecule has 0 fully saturated rings. The van der Waals surface area contributed by atoms with Gasteiger partial charge in [0.05, 0.1) is 0 Å². The molecule has 1 aromatic heterocycles. The van der Waals surface area contributed by atoms with Crippen LogP contribution in [0.5, 0.6) is 0 Å². The fraction of sp³-hybridized carbons (Fsp3) is 0.348. The molecule has 3 rings (SSSR count). The molecular formula is C23H31Ge2N. The maximum absolute atomic E-state index is 4.98. The van der Waals surface area contributed by atoms with Crippen molar-refractivity contribution >= 4 is 46.1 Å². The van der Waals surface area contributed by atoms with Gasteiger partial charge in [-0.05, 0) is 0 Å². The fourth-order valence-electron chi connectivity index (χ4n) is 3.65. The van der Waals surface area contributed by atoms with E-state index in [1.165, 1.54) is 31.9 Å². The first-order chi connectivity index (χ1) is 12.0. The van der Waals surface area contributed by atoms with Gasteiger partial charge in [-0.2, -0.15) is 0 Å². The van der Waals surface area contributed by atoms with Crippen LogP contribution in [-0.2, 0) is 0 Å². The average molecular weight is 467 g/mol. The molecule has 0 saturated carbocycles. The van der Waals surface area contributed by atoms with Crippen LogP contribution in [0.15, 0.2) is 42.6 Å². The summed E-state index contributed by atoms with van der Waals surface area (Å²) in [7, 11) is 0. The van der Waals surface area contributed by atoms with Gasteiger partial charge in [0.15, 0.2) is 0 Å². The van der Waals surface area contributed by atoms with Gasteiger partial charge in [-0.1, -0.05) is 0 Å². The van der Waals surface area contributed by atoms with Crippen LogP contribution in [0.25, 0.3) is 22.0 Å². The predicted octanol–water partition coefficient (Wildman–Crippen LogP) is 5.61. The van der Waals surface area contributed by atoms with Gasteiger partial charge in [-0.15, -0.1) is 0 Å². The summed E-state index contributed by atoms with van der Waals surface area (Å²) >= 11 is -3.88. The zero-order valence-corrected chi connectivity index (χ0v) is 21.7. The van der Waals surface area contributed by atoms with Crippen LogP contribution in [0.1, 0.15) is 11.1 Å². The molecule has 1 heterocycles. The SMILES string of the molecule is Cc1cc(C)cc(-c2nc[c]([Ge]([CH3])([CH3])[CH3])c3c[c]([Ge]([CH3])([CH3])[CH3])ccc23)c1. The van der Waals surface area contributed by atoms with Crippen LogP contribution >= 0.6 is 0 Å². The summed E-state index contributed by atoms with van der Waals surface area (Å²) in [4.78, 5) is 4.98. The normalized spacial score (nSPS) is 12.6. The van der Waals surface area contributed by atoms with Crippen LogP contribution in [-0.4, -0.2) is 31.5 Å². The minimum absolute atomic E-state index is 1.13. The van der Waals surface area contributed by atoms with Crippen molar-refractivity contribution in [2.75, 3.05) is 0 Å². The summed E-state index contributed by atoms with van der Waals surface area (Å²) in [6.45, 7) is 4.34. The van der Waals surface area contributed by atoms with E-state index in [9.17, 15) is 0 Å². The fourth-order valence-corrected chi connectivity index (χ4v) is 9.16. The molecule has 0 amide bonds. The number of pyridine rings is 1. The Morgan fingerprint density at radius 1 is 0.692 bits per heavy atom. The predicted molar refractivity (Wildman–Crippen MR) is 123 cm³/mol. The Hall–Kier alpha value is -1.06. The molecule has 3 heteroatoms. The minimum atomic E-state index is -2.01. The van der Waals surface area contributed by atoms with E-state index in [1.807, 2.05) is 0 Å². The molecule has 26 heavy (non-hydrogen) atoms. The number of aromatic nitrogens is 1. The summed E-state index contributed by atoms with van der Waals surface area (Å²) in [6, 6.07) is 14.0. The van der Waals surface area contributed by atoms with Gasteiger partial charge in [0.2, 0.25) is 0 Å². The topological polar surface area (TPSA) is 12.9 Å². The van der Waals surface area contributed by atoms with E-state index >= 15 is 0 Å². The van der Waals surface area contributed by atoms with Gasteiger partial charge in [0.1, 0.15) is 0 Å². The molecule has 0 bridgehead atoms. The van der Waals surface area contributed by atoms with E-state index < -0.39 is 26.5 Å². The Labute approximate surface area is 164 Å². The van der Waals surface area contributed by atoms with Gasteiger partial charge < -0.3 is 0 Å². The summed E-state index contributed by atoms with van der Waals surface area (Å²) in [5.74, 6) is 14.8. The number of aryl methyl sites for hydroxylation is 2. The molecule has 2 aromatic carbocycles. The van der Waals surface area contributed by atoms with Gasteiger partial charge in [0.25, 0.3) is 0 Å². The Morgan fingerprint density at radius 2 is 1.31 bits per heavy atom. The standard InChI is InChI=1S/C23H31Ge2N/c1-16-11-17(2)13-18(12-16)23-20-10-9-19(24(3,4)5)14-21(20)22(15-26-23)25(6,7)8/h9-15H,1-8H3. The molecule has 0 radical (unpaired) electrons. The molecule has 0 saturated heterocycles. The Bertz CT molecular complexity index is 956. The molecule has 136 valence electrons. The van der Waals surface area contributed by atoms with Crippen LogP contribution < -0.4 is 8.79 Å². The van der Waals surface area contributed by atoms with Gasteiger partial charge in [-0.3, -0.25) is 0 Å². The second-order valence-corrected chi connectivity index (χ2v) is 30.9. The molecule has 0 aliphatic rings. The van der Waals surface area contributed by atoms with Crippen molar-refractivity contribution in [2.24, 2.45) is 0 Å². The van der Waals surface area contributed by atoms with Crippen molar-refractivity contribution in [3.05, 3.63) is 53.7 Å². The molecule has 0 unspecified atom stereocenters. The van der Waals surface area contributed by atoms with Crippen LogP contribution in [0.3, 0.4) is 0 Å². The second-order valence-electron chi connectivity index (χ2n) is 9.66. The third kappa shape index (κ3) is 3.94. The molecule has 0 aliphatic carbocycles. The van der Waals surface area contributed by atoms with Crippen molar-refractivity contribution < 1.29 is 0 Å². The monoisotopic (exact) mass is 469 g/mol. The van der Waals surface area contributed by atoms with E-state index in [-0.39, 0.29) is 0 Å². The van der Waals surface area contributed by atoms with Crippen molar-refractivity contribution in [1.82, 2.24) is 4.98 Å². The number of benzene rings is 2. The van der Waals surface area contributed by atoms with Crippen molar-refractivity contribution in [1.29, 1.82) is 0 Å². The zero-order chi connectivity index (χ0) is 19.3. The quantitative estimate of drug-likeness (QED) is 0.457. The molecule has 3 aromatic rings. The number of hydrogen-bond donors (Lipinski definition) is 0. The maximum atomic E-state index is 4.98. The molecule has 0 atom stereocenters. The average Bonchev–Trinajstić information content (AvgIpc) is 2.50. The van der Waals surface area contributed by atoms with Crippen molar-refractivity contribution in [3.8, 4) is 11.3 Å². The molecule has 0 spiro atoms. The summed E-state index contributed by atoms with van der Waals surface area (Å²) in [5.41, 5.74) is 4.98. The Kier molecular flexibility index (Phi) is 5.17. The second kappa shape index (κ2) is 6.83. The molecule has 0 N–H and O–H groups in total. The summed E-state index contributed by atoms with van der Waals surface area (Å²) < 4.78 is 3.12. The van der Waals surface area contributed by atoms with E-state index in [2.05, 4.69) is 91.0 Å². The van der Waals surface area contributed by atoms with E-state index in [1.54, 1.807) is 4.40 Å². The Balaban J connectivity index is 2.37. The number of hydrogen-bond acceptors (Lipinski definition) is 1. The molecule has 1 nitrogen and oxygen atoms in total. The number of rotatable bonds is 3. The molecular weight excluding hydrogens is 435 g/mol. The van der Waals surface area contributed by atoms with Crippen molar-refractivity contribution in [3.63, 3.8) is 0 Å². The van der Waals surface area contributed by atoms with E-state index in [0.29, 0.717) is 0 Å². The van der Waals surface area contributed by atoms with Crippen LogP contribution in [0.2, 0.25) is 34.5 Å². The van der Waals surface area contributed by atoms with Crippen LogP contribution in [0, 0.1) is 13.8 Å². The Morgan fingerprint density at radius 3 is 1.85 bits per heavy atom. The van der Waals surface area contributed by atoms with Crippen LogP contribution in [0.4, 0.5) is 0 Å². The van der Waals surface area contributed by atoms with Gasteiger partial charge >= 0.3 is 164 Å². The zero-order valence-electron chi connectivity index (χ0n) is 17.5. The first kappa shape index (κ1) is 19.7.